The van der Waals surface area contributed by atoms with Crippen LogP contribution in [0.3, 0.4) is 0 Å². The number of aliphatic hydroxyl groups is 1. The SMILES string of the molecule is O[C@@H]1C[C@@H](c2ccccc2)C1(c1ccccc1)c1ccccc1. The van der Waals surface area contributed by atoms with Gasteiger partial charge in [0.2, 0.25) is 0 Å². The smallest absolute Gasteiger partial charge is 0.0689 e. The molecule has 114 valence electrons. The fourth-order valence-electron chi connectivity index (χ4n) is 4.13. The lowest BCUT2D eigenvalue weighted by Crippen LogP contribution is -2.56. The summed E-state index contributed by atoms with van der Waals surface area (Å²) < 4.78 is 0. The van der Waals surface area contributed by atoms with Gasteiger partial charge in [-0.05, 0) is 23.1 Å². The van der Waals surface area contributed by atoms with E-state index in [0.717, 1.165) is 6.42 Å². The first-order valence-corrected chi connectivity index (χ1v) is 8.17. The van der Waals surface area contributed by atoms with Crippen molar-refractivity contribution < 1.29 is 5.11 Å². The Balaban J connectivity index is 1.92. The minimum Gasteiger partial charge on any atom is -0.392 e. The lowest BCUT2D eigenvalue weighted by Gasteiger charge is -2.55. The number of hydrogen-bond donors (Lipinski definition) is 1. The highest BCUT2D eigenvalue weighted by Gasteiger charge is 2.56. The van der Waals surface area contributed by atoms with Crippen molar-refractivity contribution in [3.8, 4) is 0 Å². The van der Waals surface area contributed by atoms with E-state index in [1.54, 1.807) is 0 Å². The van der Waals surface area contributed by atoms with Gasteiger partial charge in [0.1, 0.15) is 0 Å². The zero-order valence-electron chi connectivity index (χ0n) is 13.0. The summed E-state index contributed by atoms with van der Waals surface area (Å²) >= 11 is 0. The second kappa shape index (κ2) is 5.68. The third-order valence-electron chi connectivity index (χ3n) is 5.24. The van der Waals surface area contributed by atoms with Crippen molar-refractivity contribution in [1.82, 2.24) is 0 Å². The molecule has 0 heterocycles. The molecule has 1 aliphatic rings. The minimum absolute atomic E-state index is 0.295. The van der Waals surface area contributed by atoms with Crippen LogP contribution in [0.2, 0.25) is 0 Å². The van der Waals surface area contributed by atoms with Gasteiger partial charge in [-0.3, -0.25) is 0 Å². The Morgan fingerprint density at radius 3 is 1.52 bits per heavy atom. The van der Waals surface area contributed by atoms with Crippen molar-refractivity contribution in [3.63, 3.8) is 0 Å². The molecule has 2 atom stereocenters. The van der Waals surface area contributed by atoms with E-state index < -0.39 is 0 Å². The molecular weight excluding hydrogens is 280 g/mol. The van der Waals surface area contributed by atoms with E-state index in [9.17, 15) is 5.11 Å². The molecule has 23 heavy (non-hydrogen) atoms. The number of hydrogen-bond acceptors (Lipinski definition) is 1. The van der Waals surface area contributed by atoms with Crippen molar-refractivity contribution in [2.75, 3.05) is 0 Å². The molecule has 1 saturated carbocycles. The summed E-state index contributed by atoms with van der Waals surface area (Å²) in [4.78, 5) is 0. The van der Waals surface area contributed by atoms with E-state index in [4.69, 9.17) is 0 Å². The quantitative estimate of drug-likeness (QED) is 0.754. The molecule has 0 spiro atoms. The standard InChI is InChI=1S/C22H20O/c23-21-16-20(17-10-4-1-5-11-17)22(21,18-12-6-2-7-13-18)19-14-8-3-9-15-19/h1-15,20-21,23H,16H2/t20-,21+/m0/s1. The fourth-order valence-corrected chi connectivity index (χ4v) is 4.13. The van der Waals surface area contributed by atoms with Gasteiger partial charge < -0.3 is 5.11 Å². The second-order valence-corrected chi connectivity index (χ2v) is 6.32. The molecule has 0 saturated heterocycles. The first kappa shape index (κ1) is 14.2. The first-order valence-electron chi connectivity index (χ1n) is 8.17. The Kier molecular flexibility index (Phi) is 3.51. The molecule has 0 radical (unpaired) electrons. The lowest BCUT2D eigenvalue weighted by atomic mass is 9.50. The Labute approximate surface area is 137 Å². The topological polar surface area (TPSA) is 20.2 Å². The maximum Gasteiger partial charge on any atom is 0.0689 e. The van der Waals surface area contributed by atoms with Crippen molar-refractivity contribution in [2.45, 2.75) is 23.9 Å². The molecule has 1 fully saturated rings. The highest BCUT2D eigenvalue weighted by atomic mass is 16.3. The zero-order chi connectivity index (χ0) is 15.7. The number of aliphatic hydroxyl groups excluding tert-OH is 1. The molecule has 0 unspecified atom stereocenters. The molecule has 3 aromatic rings. The van der Waals surface area contributed by atoms with Gasteiger partial charge in [-0.2, -0.15) is 0 Å². The van der Waals surface area contributed by atoms with Gasteiger partial charge in [0, 0.05) is 5.92 Å². The maximum absolute atomic E-state index is 10.9. The Bertz CT molecular complexity index is 725. The highest BCUT2D eigenvalue weighted by molar-refractivity contribution is 5.50. The summed E-state index contributed by atoms with van der Waals surface area (Å²) in [5.74, 6) is 0.295. The van der Waals surface area contributed by atoms with E-state index in [-0.39, 0.29) is 11.5 Å². The van der Waals surface area contributed by atoms with Crippen LogP contribution in [0.25, 0.3) is 0 Å². The molecular formula is C22H20O. The van der Waals surface area contributed by atoms with Crippen LogP contribution in [0.1, 0.15) is 29.0 Å². The predicted octanol–water partition coefficient (Wildman–Crippen LogP) is 4.52. The van der Waals surface area contributed by atoms with Crippen LogP contribution in [-0.2, 0) is 5.41 Å². The van der Waals surface area contributed by atoms with Gasteiger partial charge in [-0.1, -0.05) is 91.0 Å². The van der Waals surface area contributed by atoms with Gasteiger partial charge >= 0.3 is 0 Å². The molecule has 0 aromatic heterocycles. The average Bonchev–Trinajstić information content (AvgIpc) is 2.62. The summed E-state index contributed by atoms with van der Waals surface area (Å²) in [6.45, 7) is 0. The Hall–Kier alpha value is -2.38. The number of benzene rings is 3. The largest absolute Gasteiger partial charge is 0.392 e. The monoisotopic (exact) mass is 300 g/mol. The molecule has 0 bridgehead atoms. The third-order valence-corrected chi connectivity index (χ3v) is 5.24. The molecule has 1 aliphatic carbocycles. The number of rotatable bonds is 3. The predicted molar refractivity (Wildman–Crippen MR) is 93.5 cm³/mol. The van der Waals surface area contributed by atoms with E-state index in [2.05, 4.69) is 72.8 Å². The van der Waals surface area contributed by atoms with Crippen LogP contribution < -0.4 is 0 Å². The summed E-state index contributed by atoms with van der Waals surface area (Å²) in [7, 11) is 0. The molecule has 1 heteroatoms. The summed E-state index contributed by atoms with van der Waals surface area (Å²) in [6, 6.07) is 31.5. The summed E-state index contributed by atoms with van der Waals surface area (Å²) in [5, 5.41) is 10.9. The van der Waals surface area contributed by atoms with Crippen molar-refractivity contribution in [2.24, 2.45) is 0 Å². The summed E-state index contributed by atoms with van der Waals surface area (Å²) in [6.07, 6.45) is 0.436. The zero-order valence-corrected chi connectivity index (χ0v) is 13.0. The molecule has 0 amide bonds. The minimum atomic E-state index is -0.363. The lowest BCUT2D eigenvalue weighted by molar-refractivity contribution is -0.00588. The van der Waals surface area contributed by atoms with Crippen LogP contribution in [-0.4, -0.2) is 11.2 Å². The highest BCUT2D eigenvalue weighted by Crippen LogP contribution is 2.58. The van der Waals surface area contributed by atoms with Gasteiger partial charge in [-0.15, -0.1) is 0 Å². The Morgan fingerprint density at radius 1 is 0.652 bits per heavy atom. The van der Waals surface area contributed by atoms with Crippen LogP contribution in [0.4, 0.5) is 0 Å². The van der Waals surface area contributed by atoms with Gasteiger partial charge in [0.25, 0.3) is 0 Å². The van der Waals surface area contributed by atoms with E-state index in [1.165, 1.54) is 16.7 Å². The normalized spacial score (nSPS) is 22.3. The molecule has 1 nitrogen and oxygen atoms in total. The second-order valence-electron chi connectivity index (χ2n) is 6.32. The third kappa shape index (κ3) is 2.12. The van der Waals surface area contributed by atoms with Gasteiger partial charge in [0.05, 0.1) is 11.5 Å². The van der Waals surface area contributed by atoms with Crippen molar-refractivity contribution >= 4 is 0 Å². The Morgan fingerprint density at radius 2 is 1.09 bits per heavy atom. The van der Waals surface area contributed by atoms with Crippen LogP contribution in [0.15, 0.2) is 91.0 Å². The molecule has 3 aromatic carbocycles. The molecule has 0 aliphatic heterocycles. The van der Waals surface area contributed by atoms with Crippen LogP contribution in [0, 0.1) is 0 Å². The van der Waals surface area contributed by atoms with E-state index in [0.29, 0.717) is 5.92 Å². The maximum atomic E-state index is 10.9. The van der Waals surface area contributed by atoms with Crippen molar-refractivity contribution in [1.29, 1.82) is 0 Å². The van der Waals surface area contributed by atoms with E-state index >= 15 is 0 Å². The first-order chi connectivity index (χ1) is 11.3. The molecule has 4 rings (SSSR count). The van der Waals surface area contributed by atoms with Crippen LogP contribution >= 0.6 is 0 Å². The molecule has 1 N–H and O–H groups in total. The fraction of sp³-hybridized carbons (Fsp3) is 0.182. The van der Waals surface area contributed by atoms with E-state index in [1.807, 2.05) is 18.2 Å². The van der Waals surface area contributed by atoms with Crippen molar-refractivity contribution in [3.05, 3.63) is 108 Å². The van der Waals surface area contributed by atoms with Gasteiger partial charge in [0.15, 0.2) is 0 Å². The van der Waals surface area contributed by atoms with Crippen LogP contribution in [0.5, 0.6) is 0 Å². The van der Waals surface area contributed by atoms with Gasteiger partial charge in [-0.25, -0.2) is 0 Å². The summed E-state index contributed by atoms with van der Waals surface area (Å²) in [5.41, 5.74) is 3.33. The average molecular weight is 300 g/mol.